The molecule has 0 aliphatic carbocycles. The van der Waals surface area contributed by atoms with Gasteiger partial charge in [0.25, 0.3) is 5.78 Å². The second-order valence-electron chi connectivity index (χ2n) is 10.8. The number of thiazole rings is 1. The van der Waals surface area contributed by atoms with Crippen LogP contribution in [0.3, 0.4) is 0 Å². The van der Waals surface area contributed by atoms with Crippen LogP contribution in [0, 0.1) is 13.8 Å². The highest BCUT2D eigenvalue weighted by Gasteiger charge is 2.48. The molecule has 1 N–H and O–H groups in total. The third kappa shape index (κ3) is 5.03. The van der Waals surface area contributed by atoms with Crippen molar-refractivity contribution in [3.63, 3.8) is 0 Å². The Balaban J connectivity index is 1.55. The Morgan fingerprint density at radius 1 is 1.14 bits per heavy atom. The lowest BCUT2D eigenvalue weighted by atomic mass is 9.94. The summed E-state index contributed by atoms with van der Waals surface area (Å²) in [6.07, 6.45) is 2.34. The zero-order valence-corrected chi connectivity index (χ0v) is 25.3. The molecule has 3 heterocycles. The number of hydrogen-bond donors (Lipinski definition) is 1. The van der Waals surface area contributed by atoms with Crippen molar-refractivity contribution in [2.24, 2.45) is 0 Å². The van der Waals surface area contributed by atoms with Crippen molar-refractivity contribution in [2.45, 2.75) is 46.3 Å². The van der Waals surface area contributed by atoms with Crippen molar-refractivity contribution in [3.05, 3.63) is 94.6 Å². The van der Waals surface area contributed by atoms with Gasteiger partial charge in [0.15, 0.2) is 16.6 Å². The Hall–Kier alpha value is -4.63. The minimum atomic E-state index is -0.960. The summed E-state index contributed by atoms with van der Waals surface area (Å²) in [5.41, 5.74) is 4.73. The third-order valence-corrected chi connectivity index (χ3v) is 8.58. The number of anilines is 1. The number of carbonyl (C=O) groups is 2. The predicted molar refractivity (Wildman–Crippen MR) is 167 cm³/mol. The number of amides is 1. The van der Waals surface area contributed by atoms with E-state index in [0.29, 0.717) is 40.8 Å². The van der Waals surface area contributed by atoms with Crippen LogP contribution in [0.5, 0.6) is 17.2 Å². The lowest BCUT2D eigenvalue weighted by Gasteiger charge is -2.24. The van der Waals surface area contributed by atoms with E-state index >= 15 is 0 Å². The van der Waals surface area contributed by atoms with E-state index in [4.69, 9.17) is 19.2 Å². The summed E-state index contributed by atoms with van der Waals surface area (Å²) in [6, 6.07) is 13.7. The van der Waals surface area contributed by atoms with Crippen LogP contribution in [-0.4, -0.2) is 41.1 Å². The van der Waals surface area contributed by atoms with E-state index in [-0.39, 0.29) is 24.0 Å². The number of aromatic nitrogens is 1. The van der Waals surface area contributed by atoms with Gasteiger partial charge in [-0.15, -0.1) is 0 Å². The average molecular weight is 597 g/mol. The van der Waals surface area contributed by atoms with Gasteiger partial charge in [-0.25, -0.2) is 4.98 Å². The summed E-state index contributed by atoms with van der Waals surface area (Å²) >= 11 is 1.34. The largest absolute Gasteiger partial charge is 0.507 e. The number of hydrogen-bond acceptors (Lipinski definition) is 8. The fourth-order valence-electron chi connectivity index (χ4n) is 5.76. The highest BCUT2D eigenvalue weighted by Crippen LogP contribution is 2.46. The van der Waals surface area contributed by atoms with Crippen molar-refractivity contribution < 1.29 is 28.9 Å². The smallest absolute Gasteiger partial charge is 0.301 e. The van der Waals surface area contributed by atoms with Gasteiger partial charge in [-0.2, -0.15) is 0 Å². The molecule has 43 heavy (non-hydrogen) atoms. The Morgan fingerprint density at radius 2 is 1.95 bits per heavy atom. The van der Waals surface area contributed by atoms with E-state index in [0.717, 1.165) is 32.7 Å². The second-order valence-corrected chi connectivity index (χ2v) is 11.8. The summed E-state index contributed by atoms with van der Waals surface area (Å²) in [4.78, 5) is 33.8. The van der Waals surface area contributed by atoms with Gasteiger partial charge in [0.05, 0.1) is 28.4 Å². The zero-order chi connectivity index (χ0) is 30.4. The molecule has 2 atom stereocenters. The molecule has 9 heteroatoms. The van der Waals surface area contributed by atoms with E-state index in [9.17, 15) is 14.7 Å². The van der Waals surface area contributed by atoms with Crippen LogP contribution in [0.4, 0.5) is 5.13 Å². The van der Waals surface area contributed by atoms with E-state index in [2.05, 4.69) is 6.58 Å². The molecule has 3 aromatic carbocycles. The van der Waals surface area contributed by atoms with Crippen molar-refractivity contribution in [3.8, 4) is 17.2 Å². The minimum Gasteiger partial charge on any atom is -0.507 e. The summed E-state index contributed by atoms with van der Waals surface area (Å²) in [6.45, 7) is 12.2. The Kier molecular flexibility index (Phi) is 7.43. The van der Waals surface area contributed by atoms with Gasteiger partial charge in [0, 0.05) is 12.0 Å². The Morgan fingerprint density at radius 3 is 2.72 bits per heavy atom. The number of ether oxygens (including phenoxy) is 3. The van der Waals surface area contributed by atoms with Gasteiger partial charge in [0.1, 0.15) is 24.2 Å². The number of nitrogens with zero attached hydrogens (tertiary/aromatic N) is 2. The zero-order valence-electron chi connectivity index (χ0n) is 24.5. The van der Waals surface area contributed by atoms with E-state index in [1.165, 1.54) is 16.2 Å². The van der Waals surface area contributed by atoms with E-state index in [1.54, 1.807) is 36.4 Å². The molecule has 1 aromatic heterocycles. The number of rotatable bonds is 8. The number of aliphatic hydroxyl groups is 1. The van der Waals surface area contributed by atoms with Gasteiger partial charge in [0.2, 0.25) is 0 Å². The van der Waals surface area contributed by atoms with Crippen molar-refractivity contribution in [1.29, 1.82) is 0 Å². The first kappa shape index (κ1) is 28.5. The normalized spacial score (nSPS) is 19.0. The van der Waals surface area contributed by atoms with E-state index < -0.39 is 17.7 Å². The minimum absolute atomic E-state index is 0.0166. The molecule has 0 saturated carbocycles. The molecule has 1 saturated heterocycles. The molecular weight excluding hydrogens is 564 g/mol. The van der Waals surface area contributed by atoms with Crippen LogP contribution in [0.2, 0.25) is 0 Å². The molecule has 1 amide bonds. The van der Waals surface area contributed by atoms with Crippen molar-refractivity contribution in [1.82, 2.24) is 4.98 Å². The molecule has 0 spiro atoms. The number of Topliss-reactive ketones (excluding diaryl/α,β-unsaturated/α-hetero) is 1. The molecule has 2 aliphatic heterocycles. The van der Waals surface area contributed by atoms with Crippen LogP contribution >= 0.6 is 11.3 Å². The highest BCUT2D eigenvalue weighted by molar-refractivity contribution is 7.22. The maximum atomic E-state index is 13.8. The van der Waals surface area contributed by atoms with Gasteiger partial charge in [-0.3, -0.25) is 14.5 Å². The first-order valence-corrected chi connectivity index (χ1v) is 15.0. The first-order valence-electron chi connectivity index (χ1n) is 14.2. The Bertz CT molecular complexity index is 1820. The summed E-state index contributed by atoms with van der Waals surface area (Å²) < 4.78 is 18.4. The summed E-state index contributed by atoms with van der Waals surface area (Å²) in [5, 5.41) is 12.1. The second kappa shape index (κ2) is 11.2. The van der Waals surface area contributed by atoms with E-state index in [1.807, 2.05) is 45.9 Å². The van der Waals surface area contributed by atoms with Crippen LogP contribution in [0.25, 0.3) is 16.0 Å². The maximum Gasteiger partial charge on any atom is 0.301 e. The molecule has 0 radical (unpaired) electrons. The third-order valence-electron chi connectivity index (χ3n) is 7.58. The highest BCUT2D eigenvalue weighted by atomic mass is 32.1. The molecule has 4 aromatic rings. The fourth-order valence-corrected chi connectivity index (χ4v) is 6.93. The average Bonchev–Trinajstić information content (AvgIpc) is 3.64. The first-order chi connectivity index (χ1) is 20.7. The molecular formula is C34H32N2O6S. The van der Waals surface area contributed by atoms with Crippen LogP contribution in [-0.2, 0) is 16.0 Å². The molecule has 0 bridgehead atoms. The van der Waals surface area contributed by atoms with Crippen LogP contribution in [0.15, 0.2) is 66.8 Å². The maximum absolute atomic E-state index is 13.8. The molecule has 6 rings (SSSR count). The van der Waals surface area contributed by atoms with Crippen molar-refractivity contribution in [2.75, 3.05) is 18.1 Å². The van der Waals surface area contributed by atoms with Crippen molar-refractivity contribution >= 4 is 44.1 Å². The number of carbonyl (C=O) groups excluding carboxylic acids is 2. The lowest BCUT2D eigenvalue weighted by molar-refractivity contribution is -0.132. The Labute approximate surface area is 253 Å². The molecule has 220 valence electrons. The monoisotopic (exact) mass is 596 g/mol. The summed E-state index contributed by atoms with van der Waals surface area (Å²) in [7, 11) is 0. The molecule has 2 aliphatic rings. The SMILES string of the molecule is C=CCOc1ccc([C@@H]2C(=C(O)c3ccc4c(c3)C[C@H](C)O4)C(=O)C(=O)N2c2nc3c(C)cc(C)cc3s2)cc1OCC. The number of aliphatic hydroxyl groups excluding tert-OH is 1. The van der Waals surface area contributed by atoms with Gasteiger partial charge >= 0.3 is 5.91 Å². The van der Waals surface area contributed by atoms with Gasteiger partial charge < -0.3 is 19.3 Å². The number of ketones is 1. The molecule has 8 nitrogen and oxygen atoms in total. The quantitative estimate of drug-likeness (QED) is 0.103. The van der Waals surface area contributed by atoms with Gasteiger partial charge in [-0.1, -0.05) is 36.1 Å². The number of aryl methyl sites for hydroxylation is 2. The standard InChI is InChI=1S/C34H32N2O6S/c1-6-12-41-25-11-8-21(17-26(25)40-7-2)30-28(31(37)22-9-10-24-23(16-22)15-20(5)42-24)32(38)33(39)36(30)34-35-29-19(4)13-18(3)14-27(29)43-34/h6,8-11,13-14,16-17,20,30,37H,1,7,12,15H2,2-5H3/t20-,30+/m0/s1. The number of benzene rings is 3. The lowest BCUT2D eigenvalue weighted by Crippen LogP contribution is -2.29. The predicted octanol–water partition coefficient (Wildman–Crippen LogP) is 6.83. The summed E-state index contributed by atoms with van der Waals surface area (Å²) in [5.74, 6) is -0.107. The van der Waals surface area contributed by atoms with Gasteiger partial charge in [-0.05, 0) is 86.3 Å². The van der Waals surface area contributed by atoms with Crippen LogP contribution in [0.1, 0.15) is 47.7 Å². The molecule has 0 unspecified atom stereocenters. The number of fused-ring (bicyclic) bond motifs is 2. The molecule has 1 fully saturated rings. The van der Waals surface area contributed by atoms with Crippen LogP contribution < -0.4 is 19.1 Å². The topological polar surface area (TPSA) is 98.2 Å². The fraction of sp³-hybridized carbons (Fsp3) is 0.265.